The maximum Gasteiger partial charge on any atom is 0.324 e. The van der Waals surface area contributed by atoms with Crippen molar-refractivity contribution in [2.45, 2.75) is 37.6 Å². The second-order valence-corrected chi connectivity index (χ2v) is 5.89. The Hall–Kier alpha value is -1.63. The maximum atomic E-state index is 12.0. The van der Waals surface area contributed by atoms with E-state index in [4.69, 9.17) is 5.11 Å². The molecule has 2 aliphatic rings. The first-order valence-corrected chi connectivity index (χ1v) is 7.26. The number of carbonyl (C=O) groups is 2. The average Bonchev–Trinajstić information content (AvgIpc) is 3.26. The maximum absolute atomic E-state index is 12.0. The minimum atomic E-state index is -0.986. The summed E-state index contributed by atoms with van der Waals surface area (Å²) in [7, 11) is 0. The van der Waals surface area contributed by atoms with Crippen molar-refractivity contribution in [1.29, 1.82) is 0 Å². The zero-order valence-corrected chi connectivity index (χ0v) is 11.2. The monoisotopic (exact) mass is 281 g/mol. The number of thiazole rings is 1. The molecule has 0 saturated heterocycles. The van der Waals surface area contributed by atoms with Crippen LogP contribution in [0.1, 0.15) is 37.3 Å². The van der Waals surface area contributed by atoms with Crippen LogP contribution in [-0.4, -0.2) is 39.6 Å². The highest BCUT2D eigenvalue weighted by atomic mass is 32.1. The number of anilines is 1. The number of nitrogens with zero attached hydrogens (tertiary/aromatic N) is 2. The highest BCUT2D eigenvalue weighted by Gasteiger charge is 2.34. The van der Waals surface area contributed by atoms with E-state index >= 15 is 0 Å². The van der Waals surface area contributed by atoms with Crippen LogP contribution in [0.15, 0.2) is 5.38 Å². The van der Waals surface area contributed by atoms with Crippen LogP contribution in [0.25, 0.3) is 0 Å². The van der Waals surface area contributed by atoms with Gasteiger partial charge in [0.1, 0.15) is 6.54 Å². The van der Waals surface area contributed by atoms with Gasteiger partial charge in [-0.3, -0.25) is 10.1 Å². The van der Waals surface area contributed by atoms with Crippen molar-refractivity contribution in [3.63, 3.8) is 0 Å². The lowest BCUT2D eigenvalue weighted by Crippen LogP contribution is -2.40. The normalized spacial score (nSPS) is 18.1. The number of hydrogen-bond acceptors (Lipinski definition) is 4. The quantitative estimate of drug-likeness (QED) is 0.866. The van der Waals surface area contributed by atoms with E-state index in [9.17, 15) is 9.59 Å². The lowest BCUT2D eigenvalue weighted by Gasteiger charge is -2.19. The number of aliphatic carboxylic acids is 1. The minimum Gasteiger partial charge on any atom is -0.480 e. The summed E-state index contributed by atoms with van der Waals surface area (Å²) < 4.78 is 0. The molecule has 102 valence electrons. The van der Waals surface area contributed by atoms with Gasteiger partial charge in [0.05, 0.1) is 5.69 Å². The van der Waals surface area contributed by atoms with Crippen LogP contribution in [0, 0.1) is 0 Å². The lowest BCUT2D eigenvalue weighted by molar-refractivity contribution is -0.137. The molecule has 0 unspecified atom stereocenters. The molecule has 2 saturated carbocycles. The zero-order valence-electron chi connectivity index (χ0n) is 10.3. The van der Waals surface area contributed by atoms with E-state index in [0.29, 0.717) is 11.0 Å². The molecule has 6 nitrogen and oxygen atoms in total. The number of urea groups is 1. The van der Waals surface area contributed by atoms with Gasteiger partial charge in [0.2, 0.25) is 0 Å². The Labute approximate surface area is 114 Å². The largest absolute Gasteiger partial charge is 0.480 e. The zero-order chi connectivity index (χ0) is 13.4. The van der Waals surface area contributed by atoms with Gasteiger partial charge in [0.25, 0.3) is 0 Å². The molecule has 0 aromatic carbocycles. The smallest absolute Gasteiger partial charge is 0.324 e. The number of nitrogens with one attached hydrogen (secondary N) is 1. The van der Waals surface area contributed by atoms with Crippen LogP contribution < -0.4 is 5.32 Å². The molecule has 7 heteroatoms. The predicted molar refractivity (Wildman–Crippen MR) is 70.5 cm³/mol. The van der Waals surface area contributed by atoms with Crippen molar-refractivity contribution in [3.8, 4) is 0 Å². The van der Waals surface area contributed by atoms with Gasteiger partial charge in [0, 0.05) is 17.3 Å². The van der Waals surface area contributed by atoms with E-state index in [0.717, 1.165) is 18.5 Å². The summed E-state index contributed by atoms with van der Waals surface area (Å²) in [6.45, 7) is -0.253. The summed E-state index contributed by atoms with van der Waals surface area (Å²) >= 11 is 1.40. The van der Waals surface area contributed by atoms with Gasteiger partial charge in [-0.15, -0.1) is 11.3 Å². The van der Waals surface area contributed by atoms with Crippen LogP contribution in [-0.2, 0) is 4.79 Å². The number of rotatable bonds is 5. The summed E-state index contributed by atoms with van der Waals surface area (Å²) in [5, 5.41) is 14.1. The van der Waals surface area contributed by atoms with Crippen molar-refractivity contribution in [3.05, 3.63) is 11.1 Å². The first kappa shape index (κ1) is 12.4. The van der Waals surface area contributed by atoms with Crippen LogP contribution in [0.5, 0.6) is 0 Å². The Balaban J connectivity index is 1.62. The Bertz CT molecular complexity index is 508. The minimum absolute atomic E-state index is 0.0685. The Morgan fingerprint density at radius 3 is 2.74 bits per heavy atom. The molecule has 1 aromatic rings. The van der Waals surface area contributed by atoms with Gasteiger partial charge in [-0.1, -0.05) is 0 Å². The van der Waals surface area contributed by atoms with Crippen LogP contribution in [0.3, 0.4) is 0 Å². The predicted octanol–water partition coefficient (Wildman–Crippen LogP) is 2.10. The Morgan fingerprint density at radius 1 is 1.42 bits per heavy atom. The third-order valence-corrected chi connectivity index (χ3v) is 4.06. The molecule has 2 fully saturated rings. The molecular formula is C12H15N3O3S. The first-order chi connectivity index (χ1) is 9.13. The van der Waals surface area contributed by atoms with Crippen molar-refractivity contribution in [2.24, 2.45) is 0 Å². The van der Waals surface area contributed by atoms with E-state index in [1.54, 1.807) is 0 Å². The molecule has 1 aromatic heterocycles. The fourth-order valence-electron chi connectivity index (χ4n) is 1.97. The summed E-state index contributed by atoms with van der Waals surface area (Å²) in [6.07, 6.45) is 4.10. The molecule has 0 aliphatic heterocycles. The van der Waals surface area contributed by atoms with Crippen LogP contribution in [0.4, 0.5) is 9.93 Å². The second-order valence-electron chi connectivity index (χ2n) is 5.03. The summed E-state index contributed by atoms with van der Waals surface area (Å²) in [5.41, 5.74) is 1.04. The molecule has 0 radical (unpaired) electrons. The van der Waals surface area contributed by atoms with Crippen LogP contribution in [0.2, 0.25) is 0 Å². The van der Waals surface area contributed by atoms with Gasteiger partial charge < -0.3 is 10.0 Å². The third kappa shape index (κ3) is 3.04. The first-order valence-electron chi connectivity index (χ1n) is 6.38. The number of carboxylic acid groups (broad SMARTS) is 1. The summed E-state index contributed by atoms with van der Waals surface area (Å²) in [4.78, 5) is 28.5. The van der Waals surface area contributed by atoms with Gasteiger partial charge in [0.15, 0.2) is 5.13 Å². The molecule has 0 bridgehead atoms. The van der Waals surface area contributed by atoms with Gasteiger partial charge in [-0.05, 0) is 25.7 Å². The van der Waals surface area contributed by atoms with Gasteiger partial charge >= 0.3 is 12.0 Å². The van der Waals surface area contributed by atoms with Crippen molar-refractivity contribution >= 4 is 28.5 Å². The molecule has 2 aliphatic carbocycles. The number of amides is 2. The summed E-state index contributed by atoms with van der Waals surface area (Å²) in [6, 6.07) is -0.291. The molecule has 19 heavy (non-hydrogen) atoms. The molecule has 0 spiro atoms. The van der Waals surface area contributed by atoms with Crippen molar-refractivity contribution < 1.29 is 14.7 Å². The van der Waals surface area contributed by atoms with Gasteiger partial charge in [-0.25, -0.2) is 9.78 Å². The lowest BCUT2D eigenvalue weighted by atomic mass is 10.3. The number of hydrogen-bond donors (Lipinski definition) is 2. The third-order valence-electron chi connectivity index (χ3n) is 3.29. The van der Waals surface area contributed by atoms with E-state index in [2.05, 4.69) is 10.3 Å². The molecular weight excluding hydrogens is 266 g/mol. The molecule has 3 rings (SSSR count). The SMILES string of the molecule is O=C(O)CN(C(=O)Nc1nc(C2CC2)cs1)C1CC1. The van der Waals surface area contributed by atoms with Crippen molar-refractivity contribution in [2.75, 3.05) is 11.9 Å². The molecule has 2 N–H and O–H groups in total. The van der Waals surface area contributed by atoms with E-state index in [1.165, 1.54) is 29.1 Å². The Kier molecular flexibility index (Phi) is 3.14. The topological polar surface area (TPSA) is 82.5 Å². The number of carbonyl (C=O) groups excluding carboxylic acids is 1. The van der Waals surface area contributed by atoms with Crippen molar-refractivity contribution in [1.82, 2.24) is 9.88 Å². The highest BCUT2D eigenvalue weighted by molar-refractivity contribution is 7.13. The summed E-state index contributed by atoms with van der Waals surface area (Å²) in [5.74, 6) is -0.430. The van der Waals surface area contributed by atoms with E-state index in [1.807, 2.05) is 5.38 Å². The number of carboxylic acids is 1. The molecule has 1 heterocycles. The van der Waals surface area contributed by atoms with E-state index < -0.39 is 5.97 Å². The fraction of sp³-hybridized carbons (Fsp3) is 0.583. The molecule has 2 amide bonds. The fourth-order valence-corrected chi connectivity index (χ4v) is 2.75. The Morgan fingerprint density at radius 2 is 2.16 bits per heavy atom. The van der Waals surface area contributed by atoms with Gasteiger partial charge in [-0.2, -0.15) is 0 Å². The number of aromatic nitrogens is 1. The average molecular weight is 281 g/mol. The molecule has 0 atom stereocenters. The van der Waals surface area contributed by atoms with E-state index in [-0.39, 0.29) is 18.6 Å². The second kappa shape index (κ2) is 4.80. The standard InChI is InChI=1S/C12H15N3O3S/c16-10(17)5-15(8-3-4-8)12(18)14-11-13-9(6-19-11)7-1-2-7/h6-8H,1-5H2,(H,16,17)(H,13,14,18). The highest BCUT2D eigenvalue weighted by Crippen LogP contribution is 2.41. The van der Waals surface area contributed by atoms with Crippen LogP contribution >= 0.6 is 11.3 Å².